The molecule has 2 rings (SSSR count). The third-order valence-corrected chi connectivity index (χ3v) is 4.08. The van der Waals surface area contributed by atoms with Crippen molar-refractivity contribution in [3.63, 3.8) is 0 Å². The Morgan fingerprint density at radius 2 is 2.28 bits per heavy atom. The van der Waals surface area contributed by atoms with E-state index in [-0.39, 0.29) is 5.91 Å². The molecule has 1 aliphatic rings. The summed E-state index contributed by atoms with van der Waals surface area (Å²) in [6.07, 6.45) is 4.93. The predicted molar refractivity (Wildman–Crippen MR) is 77.4 cm³/mol. The lowest BCUT2D eigenvalue weighted by atomic mass is 10.1. The minimum atomic E-state index is 0.189. The highest BCUT2D eigenvalue weighted by atomic mass is 79.9. The Kier molecular flexibility index (Phi) is 4.81. The molecule has 0 aromatic heterocycles. The van der Waals surface area contributed by atoms with Crippen LogP contribution in [-0.2, 0) is 11.2 Å². The van der Waals surface area contributed by atoms with Crippen molar-refractivity contribution in [2.45, 2.75) is 45.1 Å². The summed E-state index contributed by atoms with van der Waals surface area (Å²) in [7, 11) is 0. The quantitative estimate of drug-likeness (QED) is 0.903. The smallest absolute Gasteiger partial charge is 0.220 e. The molecule has 1 aromatic carbocycles. The Labute approximate surface area is 117 Å². The average molecular weight is 310 g/mol. The van der Waals surface area contributed by atoms with Gasteiger partial charge < -0.3 is 5.32 Å². The molecule has 1 aliphatic carbocycles. The number of carbonyl (C=O) groups is 1. The second-order valence-corrected chi connectivity index (χ2v) is 6.23. The number of rotatable bonds is 4. The third-order valence-electron chi connectivity index (χ3n) is 3.59. The van der Waals surface area contributed by atoms with E-state index >= 15 is 0 Å². The van der Waals surface area contributed by atoms with Gasteiger partial charge in [0.1, 0.15) is 0 Å². The van der Waals surface area contributed by atoms with Crippen LogP contribution in [-0.4, -0.2) is 11.9 Å². The molecule has 0 heterocycles. The normalized spacial score (nSPS) is 23.0. The molecular weight excluding hydrogens is 290 g/mol. The number of benzene rings is 1. The zero-order valence-corrected chi connectivity index (χ0v) is 12.4. The molecule has 2 nitrogen and oxygen atoms in total. The summed E-state index contributed by atoms with van der Waals surface area (Å²) in [5.41, 5.74) is 1.21. The molecule has 0 spiro atoms. The number of nitrogens with one attached hydrogen (secondary N) is 1. The molecule has 98 valence electrons. The molecule has 0 saturated heterocycles. The Morgan fingerprint density at radius 1 is 1.44 bits per heavy atom. The monoisotopic (exact) mass is 309 g/mol. The molecule has 1 fully saturated rings. The second-order valence-electron chi connectivity index (χ2n) is 5.31. The van der Waals surface area contributed by atoms with Crippen molar-refractivity contribution in [2.24, 2.45) is 5.92 Å². The number of halogens is 1. The molecule has 1 saturated carbocycles. The summed E-state index contributed by atoms with van der Waals surface area (Å²) in [6, 6.07) is 8.56. The lowest BCUT2D eigenvalue weighted by Gasteiger charge is -2.12. The van der Waals surface area contributed by atoms with Crippen molar-refractivity contribution >= 4 is 21.8 Å². The third kappa shape index (κ3) is 4.13. The van der Waals surface area contributed by atoms with E-state index in [0.717, 1.165) is 29.7 Å². The second kappa shape index (κ2) is 6.37. The summed E-state index contributed by atoms with van der Waals surface area (Å²) in [6.45, 7) is 2.26. The fourth-order valence-electron chi connectivity index (χ4n) is 2.59. The molecule has 18 heavy (non-hydrogen) atoms. The van der Waals surface area contributed by atoms with E-state index < -0.39 is 0 Å². The molecule has 2 unspecified atom stereocenters. The van der Waals surface area contributed by atoms with Crippen LogP contribution in [0.15, 0.2) is 28.7 Å². The summed E-state index contributed by atoms with van der Waals surface area (Å²) in [4.78, 5) is 11.8. The van der Waals surface area contributed by atoms with Crippen molar-refractivity contribution in [2.75, 3.05) is 0 Å². The van der Waals surface area contributed by atoms with Crippen molar-refractivity contribution in [1.82, 2.24) is 5.32 Å². The maximum Gasteiger partial charge on any atom is 0.220 e. The topological polar surface area (TPSA) is 29.1 Å². The SMILES string of the molecule is CC1CCC(NC(=O)CCc2cccc(Br)c2)C1. The van der Waals surface area contributed by atoms with Crippen LogP contribution in [0.2, 0.25) is 0 Å². The fraction of sp³-hybridized carbons (Fsp3) is 0.533. The first-order valence-corrected chi connectivity index (χ1v) is 7.46. The molecule has 0 aliphatic heterocycles. The number of hydrogen-bond acceptors (Lipinski definition) is 1. The van der Waals surface area contributed by atoms with Gasteiger partial charge in [-0.2, -0.15) is 0 Å². The fourth-order valence-corrected chi connectivity index (χ4v) is 3.04. The standard InChI is InChI=1S/C15H20BrNO/c1-11-5-7-14(9-11)17-15(18)8-6-12-3-2-4-13(16)10-12/h2-4,10-11,14H,5-9H2,1H3,(H,17,18). The average Bonchev–Trinajstić information content (AvgIpc) is 2.72. The van der Waals surface area contributed by atoms with Crippen LogP contribution in [0.4, 0.5) is 0 Å². The number of aryl methyl sites for hydroxylation is 1. The van der Waals surface area contributed by atoms with E-state index in [0.29, 0.717) is 12.5 Å². The van der Waals surface area contributed by atoms with E-state index in [9.17, 15) is 4.79 Å². The van der Waals surface area contributed by atoms with E-state index in [4.69, 9.17) is 0 Å². The van der Waals surface area contributed by atoms with Crippen LogP contribution in [0, 0.1) is 5.92 Å². The van der Waals surface area contributed by atoms with Crippen LogP contribution in [0.1, 0.15) is 38.2 Å². The molecule has 2 atom stereocenters. The molecule has 3 heteroatoms. The van der Waals surface area contributed by atoms with Crippen molar-refractivity contribution in [3.8, 4) is 0 Å². The molecule has 1 aromatic rings. The highest BCUT2D eigenvalue weighted by molar-refractivity contribution is 9.10. The maximum atomic E-state index is 11.8. The minimum Gasteiger partial charge on any atom is -0.353 e. The van der Waals surface area contributed by atoms with Gasteiger partial charge >= 0.3 is 0 Å². The summed E-state index contributed by atoms with van der Waals surface area (Å²) in [5, 5.41) is 3.14. The van der Waals surface area contributed by atoms with Gasteiger partial charge in [-0.25, -0.2) is 0 Å². The van der Waals surface area contributed by atoms with Crippen LogP contribution in [0.5, 0.6) is 0 Å². The summed E-state index contributed by atoms with van der Waals surface area (Å²) < 4.78 is 1.07. The zero-order valence-electron chi connectivity index (χ0n) is 10.8. The maximum absolute atomic E-state index is 11.8. The lowest BCUT2D eigenvalue weighted by Crippen LogP contribution is -2.32. The van der Waals surface area contributed by atoms with Crippen LogP contribution < -0.4 is 5.32 Å². The first kappa shape index (κ1) is 13.6. The van der Waals surface area contributed by atoms with Crippen molar-refractivity contribution in [3.05, 3.63) is 34.3 Å². The Hall–Kier alpha value is -0.830. The molecule has 1 N–H and O–H groups in total. The summed E-state index contributed by atoms with van der Waals surface area (Å²) >= 11 is 3.45. The van der Waals surface area contributed by atoms with E-state index in [1.54, 1.807) is 0 Å². The van der Waals surface area contributed by atoms with Crippen molar-refractivity contribution < 1.29 is 4.79 Å². The minimum absolute atomic E-state index is 0.189. The molecule has 0 bridgehead atoms. The Bertz CT molecular complexity index is 419. The van der Waals surface area contributed by atoms with Gasteiger partial charge in [-0.15, -0.1) is 0 Å². The highest BCUT2D eigenvalue weighted by Crippen LogP contribution is 2.24. The first-order chi connectivity index (χ1) is 8.63. The van der Waals surface area contributed by atoms with Gasteiger partial charge in [0.05, 0.1) is 0 Å². The largest absolute Gasteiger partial charge is 0.353 e. The zero-order chi connectivity index (χ0) is 13.0. The van der Waals surface area contributed by atoms with Crippen LogP contribution in [0.25, 0.3) is 0 Å². The van der Waals surface area contributed by atoms with E-state index in [1.807, 2.05) is 12.1 Å². The Morgan fingerprint density at radius 3 is 2.94 bits per heavy atom. The molecular formula is C15H20BrNO. The van der Waals surface area contributed by atoms with Gasteiger partial charge in [0.15, 0.2) is 0 Å². The lowest BCUT2D eigenvalue weighted by molar-refractivity contribution is -0.121. The number of amides is 1. The number of hydrogen-bond donors (Lipinski definition) is 1. The van der Waals surface area contributed by atoms with Gasteiger partial charge in [0, 0.05) is 16.9 Å². The van der Waals surface area contributed by atoms with E-state index in [1.165, 1.54) is 12.0 Å². The predicted octanol–water partition coefficient (Wildman–Crippen LogP) is 3.69. The van der Waals surface area contributed by atoms with Gasteiger partial charge in [0.25, 0.3) is 0 Å². The van der Waals surface area contributed by atoms with Gasteiger partial charge in [0.2, 0.25) is 5.91 Å². The first-order valence-electron chi connectivity index (χ1n) is 6.67. The van der Waals surface area contributed by atoms with Gasteiger partial charge in [-0.1, -0.05) is 35.0 Å². The van der Waals surface area contributed by atoms with Gasteiger partial charge in [-0.3, -0.25) is 4.79 Å². The summed E-state index contributed by atoms with van der Waals surface area (Å²) in [5.74, 6) is 0.953. The highest BCUT2D eigenvalue weighted by Gasteiger charge is 2.22. The Balaban J connectivity index is 1.75. The number of carbonyl (C=O) groups excluding carboxylic acids is 1. The van der Waals surface area contributed by atoms with Gasteiger partial charge in [-0.05, 0) is 49.3 Å². The van der Waals surface area contributed by atoms with Crippen LogP contribution >= 0.6 is 15.9 Å². The van der Waals surface area contributed by atoms with E-state index in [2.05, 4.69) is 40.3 Å². The molecule has 0 radical (unpaired) electrons. The van der Waals surface area contributed by atoms with Crippen molar-refractivity contribution in [1.29, 1.82) is 0 Å². The van der Waals surface area contributed by atoms with Crippen LogP contribution in [0.3, 0.4) is 0 Å². The molecule has 1 amide bonds.